The molecule has 0 aromatic heterocycles. The van der Waals surface area contributed by atoms with E-state index >= 15 is 0 Å². The summed E-state index contributed by atoms with van der Waals surface area (Å²) in [5.41, 5.74) is 0. The third-order valence-corrected chi connectivity index (χ3v) is 1.41. The van der Waals surface area contributed by atoms with Crippen molar-refractivity contribution >= 4 is 15.9 Å². The molecule has 0 saturated carbocycles. The second-order valence-electron chi connectivity index (χ2n) is 1.59. The van der Waals surface area contributed by atoms with Gasteiger partial charge in [0.05, 0.1) is 0 Å². The highest BCUT2D eigenvalue weighted by atomic mass is 79.9. The molecule has 3 heteroatoms. The molecule has 0 atom stereocenters. The SMILES string of the molecule is ON1C=CC=C(Br)C=C1. The van der Waals surface area contributed by atoms with Gasteiger partial charge < -0.3 is 0 Å². The first-order valence-corrected chi connectivity index (χ1v) is 3.28. The number of hydrogen-bond acceptors (Lipinski definition) is 2. The van der Waals surface area contributed by atoms with E-state index in [9.17, 15) is 0 Å². The summed E-state index contributed by atoms with van der Waals surface area (Å²) in [6.45, 7) is 0. The highest BCUT2D eigenvalue weighted by Crippen LogP contribution is 2.09. The first-order chi connectivity index (χ1) is 4.29. The monoisotopic (exact) mass is 187 g/mol. The molecule has 0 aliphatic carbocycles. The quantitative estimate of drug-likeness (QED) is 0.628. The molecule has 0 radical (unpaired) electrons. The van der Waals surface area contributed by atoms with Crippen LogP contribution in [0.25, 0.3) is 0 Å². The second kappa shape index (κ2) is 2.85. The molecule has 0 unspecified atom stereocenters. The summed E-state index contributed by atoms with van der Waals surface area (Å²) in [5, 5.41) is 9.80. The van der Waals surface area contributed by atoms with Gasteiger partial charge in [-0.2, -0.15) is 0 Å². The lowest BCUT2D eigenvalue weighted by atomic mass is 10.5. The van der Waals surface area contributed by atoms with Gasteiger partial charge in [-0.15, -0.1) is 0 Å². The highest BCUT2D eigenvalue weighted by Gasteiger charge is 1.89. The predicted molar refractivity (Wildman–Crippen MR) is 38.9 cm³/mol. The zero-order valence-electron chi connectivity index (χ0n) is 4.66. The van der Waals surface area contributed by atoms with E-state index < -0.39 is 0 Å². The van der Waals surface area contributed by atoms with Crippen molar-refractivity contribution in [3.63, 3.8) is 0 Å². The molecule has 9 heavy (non-hydrogen) atoms. The van der Waals surface area contributed by atoms with Gasteiger partial charge in [-0.1, -0.05) is 15.9 Å². The Hall–Kier alpha value is -0.540. The van der Waals surface area contributed by atoms with Gasteiger partial charge in [-0.25, -0.2) is 5.06 Å². The average Bonchev–Trinajstić information content (AvgIpc) is 1.97. The smallest absolute Gasteiger partial charge is 0.0335 e. The Kier molecular flexibility index (Phi) is 2.08. The van der Waals surface area contributed by atoms with Gasteiger partial charge in [-0.3, -0.25) is 5.21 Å². The molecule has 0 aromatic rings. The van der Waals surface area contributed by atoms with E-state index in [1.165, 1.54) is 0 Å². The van der Waals surface area contributed by atoms with Gasteiger partial charge >= 0.3 is 0 Å². The van der Waals surface area contributed by atoms with Gasteiger partial charge in [0.25, 0.3) is 0 Å². The number of hydrogen-bond donors (Lipinski definition) is 1. The molecule has 0 saturated heterocycles. The van der Waals surface area contributed by atoms with Crippen LogP contribution in [0.2, 0.25) is 0 Å². The van der Waals surface area contributed by atoms with Crippen molar-refractivity contribution in [3.05, 3.63) is 35.1 Å². The standard InChI is InChI=1S/C6H6BrNO/c7-6-2-1-4-8(9)5-3-6/h1-5,9H. The normalized spacial score (nSPS) is 17.6. The minimum absolute atomic E-state index is 0.940. The van der Waals surface area contributed by atoms with E-state index in [1.807, 2.05) is 6.08 Å². The molecule has 0 spiro atoms. The summed E-state index contributed by atoms with van der Waals surface area (Å²) in [6.07, 6.45) is 8.42. The van der Waals surface area contributed by atoms with Crippen LogP contribution >= 0.6 is 15.9 Å². The Balaban J connectivity index is 2.75. The molecule has 1 aliphatic heterocycles. The number of hydroxylamine groups is 2. The Morgan fingerprint density at radius 1 is 1.44 bits per heavy atom. The van der Waals surface area contributed by atoms with Crippen molar-refractivity contribution in [2.75, 3.05) is 0 Å². The third kappa shape index (κ3) is 2.03. The maximum absolute atomic E-state index is 8.81. The first kappa shape index (κ1) is 6.58. The molecular weight excluding hydrogens is 182 g/mol. The zero-order chi connectivity index (χ0) is 6.69. The van der Waals surface area contributed by atoms with Crippen LogP contribution in [0.4, 0.5) is 0 Å². The number of allylic oxidation sites excluding steroid dienone is 4. The van der Waals surface area contributed by atoms with E-state index in [2.05, 4.69) is 15.9 Å². The van der Waals surface area contributed by atoms with Crippen LogP contribution in [-0.4, -0.2) is 10.3 Å². The fourth-order valence-corrected chi connectivity index (χ4v) is 0.747. The minimum atomic E-state index is 0.940. The minimum Gasteiger partial charge on any atom is -0.285 e. The van der Waals surface area contributed by atoms with Gasteiger partial charge in [0.1, 0.15) is 0 Å². The van der Waals surface area contributed by atoms with Gasteiger partial charge in [-0.05, 0) is 18.2 Å². The van der Waals surface area contributed by atoms with Crippen LogP contribution in [-0.2, 0) is 0 Å². The van der Waals surface area contributed by atoms with Gasteiger partial charge in [0, 0.05) is 16.9 Å². The molecule has 1 N–H and O–H groups in total. The largest absolute Gasteiger partial charge is 0.285 e. The summed E-state index contributed by atoms with van der Waals surface area (Å²) >= 11 is 3.25. The lowest BCUT2D eigenvalue weighted by Crippen LogP contribution is -1.98. The van der Waals surface area contributed by atoms with E-state index in [-0.39, 0.29) is 0 Å². The lowest BCUT2D eigenvalue weighted by Gasteiger charge is -2.00. The fraction of sp³-hybridized carbons (Fsp3) is 0. The van der Waals surface area contributed by atoms with Crippen LogP contribution in [0.3, 0.4) is 0 Å². The summed E-state index contributed by atoms with van der Waals surface area (Å²) in [4.78, 5) is 0. The van der Waals surface area contributed by atoms with Crippen molar-refractivity contribution in [3.8, 4) is 0 Å². The van der Waals surface area contributed by atoms with E-state index in [0.29, 0.717) is 0 Å². The van der Waals surface area contributed by atoms with E-state index in [1.54, 1.807) is 24.6 Å². The second-order valence-corrected chi connectivity index (χ2v) is 2.50. The number of rotatable bonds is 0. The maximum Gasteiger partial charge on any atom is 0.0335 e. The van der Waals surface area contributed by atoms with Crippen molar-refractivity contribution < 1.29 is 5.21 Å². The molecule has 1 rings (SSSR count). The van der Waals surface area contributed by atoms with Crippen molar-refractivity contribution in [2.45, 2.75) is 0 Å². The Morgan fingerprint density at radius 2 is 2.22 bits per heavy atom. The molecule has 1 aliphatic rings. The molecule has 0 amide bonds. The van der Waals surface area contributed by atoms with Crippen LogP contribution in [0.5, 0.6) is 0 Å². The van der Waals surface area contributed by atoms with Crippen LogP contribution in [0, 0.1) is 0 Å². The number of nitrogens with zero attached hydrogens (tertiary/aromatic N) is 1. The third-order valence-electron chi connectivity index (χ3n) is 0.881. The zero-order valence-corrected chi connectivity index (χ0v) is 6.25. The maximum atomic E-state index is 8.81. The average molecular weight is 188 g/mol. The summed E-state index contributed by atoms with van der Waals surface area (Å²) in [7, 11) is 0. The van der Waals surface area contributed by atoms with Crippen molar-refractivity contribution in [1.82, 2.24) is 5.06 Å². The van der Waals surface area contributed by atoms with E-state index in [0.717, 1.165) is 9.55 Å². The fourth-order valence-electron chi connectivity index (χ4n) is 0.476. The van der Waals surface area contributed by atoms with Crippen molar-refractivity contribution in [2.24, 2.45) is 0 Å². The van der Waals surface area contributed by atoms with E-state index in [4.69, 9.17) is 5.21 Å². The van der Waals surface area contributed by atoms with Crippen LogP contribution < -0.4 is 0 Å². The Labute approximate surface area is 61.9 Å². The first-order valence-electron chi connectivity index (χ1n) is 2.48. The summed E-state index contributed by atoms with van der Waals surface area (Å²) in [6, 6.07) is 0. The Bertz CT molecular complexity index is 183. The van der Waals surface area contributed by atoms with Crippen molar-refractivity contribution in [1.29, 1.82) is 0 Å². The van der Waals surface area contributed by atoms with Gasteiger partial charge in [0.15, 0.2) is 0 Å². The summed E-state index contributed by atoms with van der Waals surface area (Å²) < 4.78 is 0.940. The van der Waals surface area contributed by atoms with Crippen LogP contribution in [0.1, 0.15) is 0 Å². The number of halogens is 1. The Morgan fingerprint density at radius 3 is 3.00 bits per heavy atom. The topological polar surface area (TPSA) is 23.5 Å². The highest BCUT2D eigenvalue weighted by molar-refractivity contribution is 9.11. The summed E-state index contributed by atoms with van der Waals surface area (Å²) in [5.74, 6) is 0. The van der Waals surface area contributed by atoms with Crippen LogP contribution in [0.15, 0.2) is 35.1 Å². The predicted octanol–water partition coefficient (Wildman–Crippen LogP) is 2.00. The molecule has 48 valence electrons. The molecule has 2 nitrogen and oxygen atoms in total. The van der Waals surface area contributed by atoms with Gasteiger partial charge in [0.2, 0.25) is 0 Å². The molecule has 0 bridgehead atoms. The molecule has 1 heterocycles. The molecule has 0 fully saturated rings. The molecule has 0 aromatic carbocycles. The molecular formula is C6H6BrNO. The lowest BCUT2D eigenvalue weighted by molar-refractivity contribution is 0.0117.